The van der Waals surface area contributed by atoms with E-state index in [0.29, 0.717) is 0 Å². The fourth-order valence-electron chi connectivity index (χ4n) is 3.11. The van der Waals surface area contributed by atoms with Gasteiger partial charge in [-0.25, -0.2) is 5.01 Å². The fourth-order valence-corrected chi connectivity index (χ4v) is 5.41. The lowest BCUT2D eigenvalue weighted by Crippen LogP contribution is -2.40. The van der Waals surface area contributed by atoms with Gasteiger partial charge in [0.05, 0.1) is 17.9 Å². The molecule has 0 N–H and O–H groups in total. The number of rotatable bonds is 4. The number of hydrogen-bond donors (Lipinski definition) is 0. The van der Waals surface area contributed by atoms with E-state index in [1.54, 1.807) is 0 Å². The van der Waals surface area contributed by atoms with Crippen molar-refractivity contribution in [1.29, 1.82) is 0 Å². The van der Waals surface area contributed by atoms with Gasteiger partial charge in [-0.2, -0.15) is 0 Å². The van der Waals surface area contributed by atoms with Gasteiger partial charge in [-0.15, -0.1) is 0 Å². The van der Waals surface area contributed by atoms with E-state index in [2.05, 4.69) is 100 Å². The molecule has 2 nitrogen and oxygen atoms in total. The highest BCUT2D eigenvalue weighted by Gasteiger charge is 2.41. The second kappa shape index (κ2) is 7.12. The summed E-state index contributed by atoms with van der Waals surface area (Å²) in [6, 6.07) is 32.3. The molecule has 0 bridgehead atoms. The summed E-state index contributed by atoms with van der Waals surface area (Å²) < 4.78 is 2.54. The van der Waals surface area contributed by atoms with E-state index < -0.39 is 0 Å². The summed E-state index contributed by atoms with van der Waals surface area (Å²) in [6.45, 7) is 1.09. The van der Waals surface area contributed by atoms with Gasteiger partial charge in [0.15, 0.2) is 4.90 Å². The summed E-state index contributed by atoms with van der Waals surface area (Å²) in [4.78, 5) is 1.42. The van der Waals surface area contributed by atoms with Gasteiger partial charge in [0, 0.05) is 6.42 Å². The third-order valence-electron chi connectivity index (χ3n) is 4.18. The van der Waals surface area contributed by atoms with Crippen LogP contribution in [-0.4, -0.2) is 16.7 Å². The summed E-state index contributed by atoms with van der Waals surface area (Å²) in [6.07, 6.45) is 1.23. The molecule has 3 aromatic rings. The summed E-state index contributed by atoms with van der Waals surface area (Å²) in [5.74, 6) is 1.22. The number of benzene rings is 3. The maximum atomic E-state index is 2.54. The van der Waals surface area contributed by atoms with Crippen molar-refractivity contribution in [3.05, 3.63) is 91.0 Å². The lowest BCUT2D eigenvalue weighted by Gasteiger charge is -2.30. The normalized spacial score (nSPS) is 17.8. The Morgan fingerprint density at radius 3 is 1.71 bits per heavy atom. The SMILES string of the molecule is c1ccc(N(c2ccccc2)N2CCC[S+]2c2ccccc2)cc1. The van der Waals surface area contributed by atoms with E-state index in [-0.39, 0.29) is 11.1 Å². The maximum absolute atomic E-state index is 2.54. The van der Waals surface area contributed by atoms with Crippen molar-refractivity contribution in [3.8, 4) is 0 Å². The van der Waals surface area contributed by atoms with Crippen molar-refractivity contribution in [1.82, 2.24) is 4.41 Å². The molecule has 1 saturated heterocycles. The zero-order valence-electron chi connectivity index (χ0n) is 13.6. The summed E-state index contributed by atoms with van der Waals surface area (Å²) in [7, 11) is 0. The van der Waals surface area contributed by atoms with Crippen molar-refractivity contribution >= 4 is 22.5 Å². The predicted octanol–water partition coefficient (Wildman–Crippen LogP) is 5.04. The van der Waals surface area contributed by atoms with Crippen LogP contribution in [0.2, 0.25) is 0 Å². The Hall–Kier alpha value is -2.23. The average Bonchev–Trinajstić information content (AvgIpc) is 3.14. The van der Waals surface area contributed by atoms with Crippen molar-refractivity contribution < 1.29 is 0 Å². The van der Waals surface area contributed by atoms with Gasteiger partial charge in [-0.1, -0.05) is 54.6 Å². The first-order chi connectivity index (χ1) is 11.9. The highest BCUT2D eigenvalue weighted by molar-refractivity contribution is 7.95. The first-order valence-corrected chi connectivity index (χ1v) is 9.72. The number of anilines is 2. The summed E-state index contributed by atoms with van der Waals surface area (Å²) in [5.41, 5.74) is 2.44. The van der Waals surface area contributed by atoms with Crippen LogP contribution in [0.25, 0.3) is 0 Å². The number of nitrogens with zero attached hydrogens (tertiary/aromatic N) is 2. The van der Waals surface area contributed by atoms with Gasteiger partial charge >= 0.3 is 0 Å². The fraction of sp³-hybridized carbons (Fsp3) is 0.143. The Bertz CT molecular complexity index is 722. The Balaban J connectivity index is 1.76. The van der Waals surface area contributed by atoms with Crippen molar-refractivity contribution in [2.24, 2.45) is 0 Å². The molecule has 0 spiro atoms. The van der Waals surface area contributed by atoms with Gasteiger partial charge in [-0.3, -0.25) is 0 Å². The molecule has 3 heteroatoms. The van der Waals surface area contributed by atoms with E-state index in [1.165, 1.54) is 28.4 Å². The molecule has 0 saturated carbocycles. The molecule has 1 aliphatic heterocycles. The second-order valence-corrected chi connectivity index (χ2v) is 7.82. The largest absolute Gasteiger partial charge is 0.234 e. The second-order valence-electron chi connectivity index (χ2n) is 5.79. The number of hydrazine groups is 1. The van der Waals surface area contributed by atoms with Crippen LogP contribution in [0, 0.1) is 0 Å². The van der Waals surface area contributed by atoms with Crippen LogP contribution in [-0.2, 0) is 11.1 Å². The van der Waals surface area contributed by atoms with Crippen LogP contribution in [0.4, 0.5) is 11.4 Å². The lowest BCUT2D eigenvalue weighted by molar-refractivity contribution is 0.499. The Kier molecular flexibility index (Phi) is 4.54. The van der Waals surface area contributed by atoms with Crippen LogP contribution in [0.5, 0.6) is 0 Å². The van der Waals surface area contributed by atoms with Gasteiger partial charge in [-0.05, 0) is 40.8 Å². The molecule has 0 aliphatic carbocycles. The Morgan fingerprint density at radius 1 is 0.667 bits per heavy atom. The molecule has 120 valence electrons. The third-order valence-corrected chi connectivity index (χ3v) is 6.53. The first-order valence-electron chi connectivity index (χ1n) is 8.37. The molecule has 1 heterocycles. The maximum Gasteiger partial charge on any atom is 0.177 e. The van der Waals surface area contributed by atoms with Crippen molar-refractivity contribution in [3.63, 3.8) is 0 Å². The van der Waals surface area contributed by atoms with E-state index in [9.17, 15) is 0 Å². The predicted molar refractivity (Wildman–Crippen MR) is 103 cm³/mol. The van der Waals surface area contributed by atoms with Crippen LogP contribution >= 0.6 is 0 Å². The molecule has 0 aromatic heterocycles. The van der Waals surface area contributed by atoms with Crippen LogP contribution in [0.15, 0.2) is 95.9 Å². The monoisotopic (exact) mass is 333 g/mol. The zero-order chi connectivity index (χ0) is 16.2. The molecular formula is C21H21N2S+. The third kappa shape index (κ3) is 3.05. The Morgan fingerprint density at radius 2 is 1.17 bits per heavy atom. The molecule has 1 aliphatic rings. The smallest absolute Gasteiger partial charge is 0.177 e. The van der Waals surface area contributed by atoms with Gasteiger partial charge in [0.25, 0.3) is 0 Å². The van der Waals surface area contributed by atoms with Crippen molar-refractivity contribution in [2.75, 3.05) is 17.3 Å². The quantitative estimate of drug-likeness (QED) is 0.617. The molecule has 1 atom stereocenters. The topological polar surface area (TPSA) is 6.48 Å². The van der Waals surface area contributed by atoms with E-state index >= 15 is 0 Å². The molecular weight excluding hydrogens is 312 g/mol. The molecule has 1 fully saturated rings. The van der Waals surface area contributed by atoms with Crippen LogP contribution in [0.3, 0.4) is 0 Å². The van der Waals surface area contributed by atoms with Gasteiger partial charge in [0.1, 0.15) is 16.8 Å². The van der Waals surface area contributed by atoms with E-state index in [4.69, 9.17) is 0 Å². The number of para-hydroxylation sites is 2. The van der Waals surface area contributed by atoms with E-state index in [0.717, 1.165) is 6.54 Å². The van der Waals surface area contributed by atoms with Crippen molar-refractivity contribution in [2.45, 2.75) is 11.3 Å². The first kappa shape index (κ1) is 15.3. The molecule has 0 radical (unpaired) electrons. The molecule has 24 heavy (non-hydrogen) atoms. The molecule has 0 amide bonds. The Labute approximate surface area is 146 Å². The van der Waals surface area contributed by atoms with Crippen LogP contribution in [0.1, 0.15) is 6.42 Å². The minimum Gasteiger partial charge on any atom is -0.234 e. The highest BCUT2D eigenvalue weighted by atomic mass is 32.2. The highest BCUT2D eigenvalue weighted by Crippen LogP contribution is 2.35. The minimum atomic E-state index is 0.0997. The van der Waals surface area contributed by atoms with E-state index in [1.807, 2.05) is 0 Å². The number of hydrogen-bond acceptors (Lipinski definition) is 2. The molecule has 3 aromatic carbocycles. The summed E-state index contributed by atoms with van der Waals surface area (Å²) in [5, 5.41) is 2.39. The van der Waals surface area contributed by atoms with Gasteiger partial charge < -0.3 is 0 Å². The average molecular weight is 333 g/mol. The zero-order valence-corrected chi connectivity index (χ0v) is 14.4. The lowest BCUT2D eigenvalue weighted by atomic mass is 10.2. The molecule has 4 rings (SSSR count). The molecule has 1 unspecified atom stereocenters. The van der Waals surface area contributed by atoms with Crippen LogP contribution < -0.4 is 5.01 Å². The van der Waals surface area contributed by atoms with Gasteiger partial charge in [0.2, 0.25) is 0 Å². The summed E-state index contributed by atoms with van der Waals surface area (Å²) >= 11 is 0.0997. The standard InChI is InChI=1S/C21H21N2S/c1-4-11-19(12-5-1)23(20-13-6-2-7-14-20)22-17-10-18-24(22)21-15-8-3-9-16-21/h1-9,11-16H,10,17-18H2/q+1. The minimum absolute atomic E-state index is 0.0997.